The molecule has 126 valence electrons. The third-order valence-electron chi connectivity index (χ3n) is 4.62. The van der Waals surface area contributed by atoms with Crippen molar-refractivity contribution >= 4 is 28.4 Å². The lowest BCUT2D eigenvalue weighted by Crippen LogP contribution is -2.20. The Hall–Kier alpha value is -2.98. The number of rotatable bonds is 1. The van der Waals surface area contributed by atoms with Gasteiger partial charge in [-0.25, -0.2) is 4.79 Å². The maximum atomic E-state index is 12.9. The van der Waals surface area contributed by atoms with Crippen molar-refractivity contribution in [1.82, 2.24) is 0 Å². The highest BCUT2D eigenvalue weighted by Crippen LogP contribution is 2.45. The maximum absolute atomic E-state index is 12.9. The Morgan fingerprint density at radius 1 is 0.846 bits per heavy atom. The maximum Gasteiger partial charge on any atom is 0.343 e. The van der Waals surface area contributed by atoms with Gasteiger partial charge < -0.3 is 9.73 Å². The molecule has 26 heavy (non-hydrogen) atoms. The van der Waals surface area contributed by atoms with Gasteiger partial charge in [-0.05, 0) is 23.8 Å². The van der Waals surface area contributed by atoms with Crippen molar-refractivity contribution in [3.63, 3.8) is 0 Å². The summed E-state index contributed by atoms with van der Waals surface area (Å²) in [5.41, 5.74) is 3.05. The van der Waals surface area contributed by atoms with E-state index < -0.39 is 0 Å². The fourth-order valence-corrected chi connectivity index (χ4v) is 4.60. The van der Waals surface area contributed by atoms with Gasteiger partial charge in [0.15, 0.2) is 0 Å². The molecule has 0 radical (unpaired) electrons. The second-order valence-corrected chi connectivity index (χ2v) is 7.27. The van der Waals surface area contributed by atoms with Gasteiger partial charge in [0.1, 0.15) is 5.58 Å². The molecule has 0 aliphatic carbocycles. The fraction of sp³-hybridized carbons (Fsp3) is 0.0455. The molecule has 3 nitrogen and oxygen atoms in total. The first kappa shape index (κ1) is 15.3. The Kier molecular flexibility index (Phi) is 3.57. The molecule has 1 aromatic heterocycles. The van der Waals surface area contributed by atoms with Gasteiger partial charge in [0.25, 0.3) is 0 Å². The first-order valence-electron chi connectivity index (χ1n) is 8.45. The molecule has 3 aromatic carbocycles. The highest BCUT2D eigenvalue weighted by molar-refractivity contribution is 7.99. The predicted octanol–water partition coefficient (Wildman–Crippen LogP) is 5.46. The summed E-state index contributed by atoms with van der Waals surface area (Å²) in [5.74, 6) is 0. The van der Waals surface area contributed by atoms with E-state index in [1.165, 1.54) is 0 Å². The molecule has 1 N–H and O–H groups in total. The lowest BCUT2D eigenvalue weighted by atomic mass is 9.98. The molecule has 1 aliphatic rings. The van der Waals surface area contributed by atoms with Gasteiger partial charge in [-0.2, -0.15) is 0 Å². The van der Waals surface area contributed by atoms with Crippen molar-refractivity contribution in [1.29, 1.82) is 0 Å². The Bertz CT molecular complexity index is 1170. The quantitative estimate of drug-likeness (QED) is 0.459. The molecule has 0 amide bonds. The molecule has 2 heterocycles. The molecule has 0 unspecified atom stereocenters. The Morgan fingerprint density at radius 2 is 1.58 bits per heavy atom. The average molecular weight is 357 g/mol. The SMILES string of the molecule is O=c1oc2ccccc2c2c1[C@H](c1ccccc1)Nc1ccccc1S2. The van der Waals surface area contributed by atoms with Gasteiger partial charge in [0, 0.05) is 20.9 Å². The van der Waals surface area contributed by atoms with E-state index in [0.29, 0.717) is 11.1 Å². The minimum Gasteiger partial charge on any atom is -0.422 e. The van der Waals surface area contributed by atoms with Crippen LogP contribution in [0.25, 0.3) is 11.0 Å². The molecule has 0 spiro atoms. The summed E-state index contributed by atoms with van der Waals surface area (Å²) >= 11 is 1.62. The number of nitrogens with one attached hydrogen (secondary N) is 1. The molecule has 4 aromatic rings. The zero-order valence-electron chi connectivity index (χ0n) is 13.8. The first-order chi connectivity index (χ1) is 12.8. The molecule has 0 saturated heterocycles. The minimum atomic E-state index is -0.291. The summed E-state index contributed by atoms with van der Waals surface area (Å²) in [6.07, 6.45) is 0. The summed E-state index contributed by atoms with van der Waals surface area (Å²) in [6.45, 7) is 0. The molecular weight excluding hydrogens is 342 g/mol. The second-order valence-electron chi connectivity index (χ2n) is 6.21. The first-order valence-corrected chi connectivity index (χ1v) is 9.27. The van der Waals surface area contributed by atoms with E-state index in [9.17, 15) is 4.79 Å². The van der Waals surface area contributed by atoms with E-state index in [2.05, 4.69) is 11.4 Å². The average Bonchev–Trinajstić information content (AvgIpc) is 2.86. The van der Waals surface area contributed by atoms with Crippen LogP contribution in [0.5, 0.6) is 0 Å². The molecule has 4 heteroatoms. The monoisotopic (exact) mass is 357 g/mol. The van der Waals surface area contributed by atoms with Crippen molar-refractivity contribution in [3.8, 4) is 0 Å². The molecule has 1 atom stereocenters. The van der Waals surface area contributed by atoms with Crippen LogP contribution in [-0.4, -0.2) is 0 Å². The zero-order chi connectivity index (χ0) is 17.5. The third-order valence-corrected chi connectivity index (χ3v) is 5.84. The van der Waals surface area contributed by atoms with Crippen LogP contribution < -0.4 is 10.9 Å². The molecule has 0 bridgehead atoms. The molecule has 0 saturated carbocycles. The number of para-hydroxylation sites is 2. The van der Waals surface area contributed by atoms with Gasteiger partial charge in [0.2, 0.25) is 0 Å². The summed E-state index contributed by atoms with van der Waals surface area (Å²) in [5, 5.41) is 4.52. The van der Waals surface area contributed by atoms with Gasteiger partial charge in [-0.3, -0.25) is 0 Å². The molecular formula is C22H15NO2S. The van der Waals surface area contributed by atoms with Crippen LogP contribution in [0.15, 0.2) is 97.9 Å². The summed E-state index contributed by atoms with van der Waals surface area (Å²) in [6, 6.07) is 25.6. The fourth-order valence-electron chi connectivity index (χ4n) is 3.40. The van der Waals surface area contributed by atoms with Crippen LogP contribution in [0, 0.1) is 0 Å². The Balaban J connectivity index is 1.86. The van der Waals surface area contributed by atoms with Crippen LogP contribution >= 0.6 is 11.8 Å². The van der Waals surface area contributed by atoms with Gasteiger partial charge in [-0.1, -0.05) is 72.4 Å². The number of hydrogen-bond acceptors (Lipinski definition) is 4. The van der Waals surface area contributed by atoms with Crippen LogP contribution in [0.4, 0.5) is 5.69 Å². The molecule has 0 fully saturated rings. The number of anilines is 1. The lowest BCUT2D eigenvalue weighted by molar-refractivity contribution is 0.542. The van der Waals surface area contributed by atoms with Crippen molar-refractivity contribution in [3.05, 3.63) is 100 Å². The van der Waals surface area contributed by atoms with Gasteiger partial charge in [0.05, 0.1) is 11.6 Å². The zero-order valence-corrected chi connectivity index (χ0v) is 14.6. The topological polar surface area (TPSA) is 42.2 Å². The third kappa shape index (κ3) is 2.42. The summed E-state index contributed by atoms with van der Waals surface area (Å²) in [4.78, 5) is 15.0. The summed E-state index contributed by atoms with van der Waals surface area (Å²) in [7, 11) is 0. The lowest BCUT2D eigenvalue weighted by Gasteiger charge is -2.19. The van der Waals surface area contributed by atoms with E-state index in [-0.39, 0.29) is 11.7 Å². The van der Waals surface area contributed by atoms with Crippen molar-refractivity contribution in [2.45, 2.75) is 15.8 Å². The van der Waals surface area contributed by atoms with Crippen LogP contribution in [-0.2, 0) is 0 Å². The van der Waals surface area contributed by atoms with Crippen LogP contribution in [0.1, 0.15) is 17.2 Å². The van der Waals surface area contributed by atoms with E-state index >= 15 is 0 Å². The van der Waals surface area contributed by atoms with Gasteiger partial charge >= 0.3 is 5.63 Å². The van der Waals surface area contributed by atoms with Crippen molar-refractivity contribution < 1.29 is 4.42 Å². The predicted molar refractivity (Wildman–Crippen MR) is 105 cm³/mol. The number of benzene rings is 3. The Labute approximate surface area is 154 Å². The van der Waals surface area contributed by atoms with E-state index in [1.54, 1.807) is 11.8 Å². The number of fused-ring (bicyclic) bond motifs is 4. The highest BCUT2D eigenvalue weighted by atomic mass is 32.2. The smallest absolute Gasteiger partial charge is 0.343 e. The highest BCUT2D eigenvalue weighted by Gasteiger charge is 2.28. The van der Waals surface area contributed by atoms with Crippen molar-refractivity contribution in [2.24, 2.45) is 0 Å². The van der Waals surface area contributed by atoms with Crippen LogP contribution in [0.2, 0.25) is 0 Å². The van der Waals surface area contributed by atoms with Crippen molar-refractivity contribution in [2.75, 3.05) is 5.32 Å². The van der Waals surface area contributed by atoms with Gasteiger partial charge in [-0.15, -0.1) is 0 Å². The summed E-state index contributed by atoms with van der Waals surface area (Å²) < 4.78 is 5.66. The molecule has 1 aliphatic heterocycles. The van der Waals surface area contributed by atoms with E-state index in [1.807, 2.05) is 72.8 Å². The minimum absolute atomic E-state index is 0.261. The van der Waals surface area contributed by atoms with Crippen LogP contribution in [0.3, 0.4) is 0 Å². The van der Waals surface area contributed by atoms with E-state index in [4.69, 9.17) is 4.42 Å². The largest absolute Gasteiger partial charge is 0.422 e. The second kappa shape index (κ2) is 6.07. The van der Waals surface area contributed by atoms with E-state index in [0.717, 1.165) is 26.4 Å². The Morgan fingerprint density at radius 3 is 2.46 bits per heavy atom. The molecule has 5 rings (SSSR count). The normalized spacial score (nSPS) is 15.6. The number of hydrogen-bond donors (Lipinski definition) is 1. The standard InChI is InChI=1S/C22H15NO2S/c24-22-19-20(14-8-2-1-3-9-14)23-16-11-5-7-13-18(16)26-21(19)15-10-4-6-12-17(15)25-22/h1-13,20,23H/t20-/m0/s1.